The maximum Gasteiger partial charge on any atom is 0.187 e. The summed E-state index contributed by atoms with van der Waals surface area (Å²) in [5, 5.41) is 0. The fourth-order valence-electron chi connectivity index (χ4n) is 1.35. The molecule has 3 heteroatoms. The molecule has 0 bridgehead atoms. The van der Waals surface area contributed by atoms with Crippen LogP contribution in [0.25, 0.3) is 16.1 Å². The van der Waals surface area contributed by atoms with Crippen LogP contribution in [-0.2, 0) is 0 Å². The second-order valence-electron chi connectivity index (χ2n) is 3.21. The number of hydrogen-bond donors (Lipinski definition) is 0. The molecule has 2 aromatic rings. The van der Waals surface area contributed by atoms with Gasteiger partial charge in [-0.2, -0.15) is 0 Å². The molecule has 1 aromatic carbocycles. The summed E-state index contributed by atoms with van der Waals surface area (Å²) in [6.07, 6.45) is 1.54. The van der Waals surface area contributed by atoms with Gasteiger partial charge in [-0.25, -0.2) is 14.8 Å². The zero-order valence-electron chi connectivity index (χ0n) is 8.31. The van der Waals surface area contributed by atoms with Crippen LogP contribution >= 0.6 is 0 Å². The Bertz CT molecular complexity index is 526. The Morgan fingerprint density at radius 1 is 1.20 bits per heavy atom. The van der Waals surface area contributed by atoms with E-state index in [1.165, 1.54) is 6.33 Å². The van der Waals surface area contributed by atoms with E-state index in [1.54, 1.807) is 6.07 Å². The highest BCUT2D eigenvalue weighted by molar-refractivity contribution is 5.65. The molecule has 15 heavy (non-hydrogen) atoms. The van der Waals surface area contributed by atoms with Crippen molar-refractivity contribution in [1.29, 1.82) is 0 Å². The van der Waals surface area contributed by atoms with Crippen molar-refractivity contribution in [2.45, 2.75) is 6.92 Å². The van der Waals surface area contributed by atoms with Gasteiger partial charge in [-0.1, -0.05) is 18.2 Å². The van der Waals surface area contributed by atoms with Crippen molar-refractivity contribution in [3.05, 3.63) is 53.8 Å². The SMILES string of the molecule is [C-]#[N+]c1cccc(-c2cc(C)ncn2)c1. The summed E-state index contributed by atoms with van der Waals surface area (Å²) in [5.41, 5.74) is 3.36. The lowest BCUT2D eigenvalue weighted by Crippen LogP contribution is -1.87. The predicted molar refractivity (Wildman–Crippen MR) is 58.5 cm³/mol. The zero-order chi connectivity index (χ0) is 10.7. The quantitative estimate of drug-likeness (QED) is 0.655. The van der Waals surface area contributed by atoms with Crippen LogP contribution in [0.1, 0.15) is 5.69 Å². The van der Waals surface area contributed by atoms with E-state index < -0.39 is 0 Å². The normalized spacial score (nSPS) is 9.60. The van der Waals surface area contributed by atoms with Crippen molar-refractivity contribution in [3.63, 3.8) is 0 Å². The molecule has 2 rings (SSSR count). The van der Waals surface area contributed by atoms with Gasteiger partial charge < -0.3 is 0 Å². The molecule has 0 saturated heterocycles. The summed E-state index contributed by atoms with van der Waals surface area (Å²) >= 11 is 0. The van der Waals surface area contributed by atoms with Crippen molar-refractivity contribution >= 4 is 5.69 Å². The average Bonchev–Trinajstić information content (AvgIpc) is 2.29. The van der Waals surface area contributed by atoms with E-state index in [2.05, 4.69) is 14.8 Å². The number of nitrogens with zero attached hydrogens (tertiary/aromatic N) is 3. The standard InChI is InChI=1S/C12H9N3/c1-9-6-12(15-8-14-9)10-4-3-5-11(7-10)13-2/h3-8H,1H3. The Hall–Kier alpha value is -2.21. The van der Waals surface area contributed by atoms with Crippen LogP contribution < -0.4 is 0 Å². The first kappa shape index (κ1) is 9.35. The predicted octanol–water partition coefficient (Wildman–Crippen LogP) is 3.00. The van der Waals surface area contributed by atoms with Gasteiger partial charge in [0.05, 0.1) is 12.3 Å². The van der Waals surface area contributed by atoms with E-state index in [9.17, 15) is 0 Å². The average molecular weight is 195 g/mol. The Kier molecular flexibility index (Phi) is 2.42. The van der Waals surface area contributed by atoms with Crippen molar-refractivity contribution < 1.29 is 0 Å². The number of aromatic nitrogens is 2. The summed E-state index contributed by atoms with van der Waals surface area (Å²) in [6.45, 7) is 8.86. The van der Waals surface area contributed by atoms with Gasteiger partial charge >= 0.3 is 0 Å². The van der Waals surface area contributed by atoms with Crippen molar-refractivity contribution in [2.24, 2.45) is 0 Å². The highest BCUT2D eigenvalue weighted by Crippen LogP contribution is 2.22. The second-order valence-corrected chi connectivity index (χ2v) is 3.21. The minimum absolute atomic E-state index is 0.628. The van der Waals surface area contributed by atoms with Crippen LogP contribution in [0, 0.1) is 13.5 Å². The maximum absolute atomic E-state index is 6.94. The zero-order valence-corrected chi connectivity index (χ0v) is 8.31. The van der Waals surface area contributed by atoms with Crippen LogP contribution in [-0.4, -0.2) is 9.97 Å². The van der Waals surface area contributed by atoms with Crippen LogP contribution in [0.2, 0.25) is 0 Å². The minimum atomic E-state index is 0.628. The van der Waals surface area contributed by atoms with E-state index in [4.69, 9.17) is 6.57 Å². The lowest BCUT2D eigenvalue weighted by atomic mass is 10.1. The number of hydrogen-bond acceptors (Lipinski definition) is 2. The Morgan fingerprint density at radius 3 is 2.80 bits per heavy atom. The second kappa shape index (κ2) is 3.89. The summed E-state index contributed by atoms with van der Waals surface area (Å²) in [5.74, 6) is 0. The van der Waals surface area contributed by atoms with Crippen molar-refractivity contribution in [3.8, 4) is 11.3 Å². The van der Waals surface area contributed by atoms with E-state index in [0.29, 0.717) is 5.69 Å². The third kappa shape index (κ3) is 2.00. The third-order valence-electron chi connectivity index (χ3n) is 2.07. The first-order chi connectivity index (χ1) is 7.29. The number of aryl methyl sites for hydroxylation is 1. The molecule has 0 aliphatic rings. The molecule has 0 unspecified atom stereocenters. The van der Waals surface area contributed by atoms with Crippen LogP contribution in [0.3, 0.4) is 0 Å². The molecule has 0 amide bonds. The fraction of sp³-hybridized carbons (Fsp3) is 0.0833. The summed E-state index contributed by atoms with van der Waals surface area (Å²) < 4.78 is 0. The Morgan fingerprint density at radius 2 is 2.07 bits per heavy atom. The molecular formula is C12H9N3. The molecule has 72 valence electrons. The van der Waals surface area contributed by atoms with E-state index in [0.717, 1.165) is 17.0 Å². The third-order valence-corrected chi connectivity index (χ3v) is 2.07. The van der Waals surface area contributed by atoms with Gasteiger partial charge in [0.25, 0.3) is 0 Å². The van der Waals surface area contributed by atoms with Crippen molar-refractivity contribution in [1.82, 2.24) is 9.97 Å². The van der Waals surface area contributed by atoms with Crippen LogP contribution in [0.5, 0.6) is 0 Å². The summed E-state index contributed by atoms with van der Waals surface area (Å²) in [4.78, 5) is 11.6. The van der Waals surface area contributed by atoms with Gasteiger partial charge in [-0.15, -0.1) is 0 Å². The molecule has 0 saturated carbocycles. The smallest absolute Gasteiger partial charge is 0.187 e. The monoisotopic (exact) mass is 195 g/mol. The van der Waals surface area contributed by atoms with Gasteiger partial charge in [-0.05, 0) is 24.6 Å². The molecule has 1 heterocycles. The molecule has 0 atom stereocenters. The van der Waals surface area contributed by atoms with Crippen molar-refractivity contribution in [2.75, 3.05) is 0 Å². The van der Waals surface area contributed by atoms with E-state index >= 15 is 0 Å². The number of rotatable bonds is 1. The first-order valence-electron chi connectivity index (χ1n) is 4.56. The maximum atomic E-state index is 6.94. The van der Waals surface area contributed by atoms with Crippen LogP contribution in [0.15, 0.2) is 36.7 Å². The summed E-state index contributed by atoms with van der Waals surface area (Å²) in [7, 11) is 0. The van der Waals surface area contributed by atoms with E-state index in [1.807, 2.05) is 31.2 Å². The molecule has 0 fully saturated rings. The molecule has 0 spiro atoms. The lowest BCUT2D eigenvalue weighted by molar-refractivity contribution is 1.11. The lowest BCUT2D eigenvalue weighted by Gasteiger charge is -2.01. The molecule has 0 radical (unpaired) electrons. The minimum Gasteiger partial charge on any atom is -0.242 e. The van der Waals surface area contributed by atoms with Gasteiger partial charge in [-0.3, -0.25) is 0 Å². The van der Waals surface area contributed by atoms with E-state index in [-0.39, 0.29) is 0 Å². The molecule has 1 aromatic heterocycles. The molecule has 3 nitrogen and oxygen atoms in total. The van der Waals surface area contributed by atoms with Gasteiger partial charge in [0, 0.05) is 5.69 Å². The topological polar surface area (TPSA) is 30.1 Å². The van der Waals surface area contributed by atoms with Crippen LogP contribution in [0.4, 0.5) is 5.69 Å². The molecule has 0 aliphatic heterocycles. The number of benzene rings is 1. The van der Waals surface area contributed by atoms with Gasteiger partial charge in [0.1, 0.15) is 6.33 Å². The Labute approximate surface area is 88.3 Å². The molecule has 0 aliphatic carbocycles. The summed E-state index contributed by atoms with van der Waals surface area (Å²) in [6, 6.07) is 9.32. The highest BCUT2D eigenvalue weighted by atomic mass is 14.8. The first-order valence-corrected chi connectivity index (χ1v) is 4.56. The Balaban J connectivity index is 2.50. The molecular weight excluding hydrogens is 186 g/mol. The largest absolute Gasteiger partial charge is 0.242 e. The highest BCUT2D eigenvalue weighted by Gasteiger charge is 2.00. The molecule has 0 N–H and O–H groups in total. The van der Waals surface area contributed by atoms with Gasteiger partial charge in [0.2, 0.25) is 0 Å². The fourth-order valence-corrected chi connectivity index (χ4v) is 1.35. The van der Waals surface area contributed by atoms with Gasteiger partial charge in [0.15, 0.2) is 5.69 Å².